The minimum Gasteiger partial charge on any atom is -0.493 e. The van der Waals surface area contributed by atoms with Crippen molar-refractivity contribution in [2.24, 2.45) is 0 Å². The fourth-order valence-corrected chi connectivity index (χ4v) is 2.56. The molecule has 5 nitrogen and oxygen atoms in total. The third-order valence-corrected chi connectivity index (χ3v) is 3.31. The highest BCUT2D eigenvalue weighted by atomic mass is 32.2. The third kappa shape index (κ3) is 1.78. The summed E-state index contributed by atoms with van der Waals surface area (Å²) < 4.78 is 32.3. The molecule has 0 spiro atoms. The van der Waals surface area contributed by atoms with E-state index >= 15 is 0 Å². The first-order valence-corrected chi connectivity index (χ1v) is 5.88. The van der Waals surface area contributed by atoms with Crippen molar-refractivity contribution in [3.63, 3.8) is 0 Å². The van der Waals surface area contributed by atoms with Crippen LogP contribution in [0.1, 0.15) is 11.7 Å². The summed E-state index contributed by atoms with van der Waals surface area (Å²) in [5, 5.41) is 9.60. The highest BCUT2D eigenvalue weighted by Gasteiger charge is 2.32. The summed E-state index contributed by atoms with van der Waals surface area (Å²) in [6.45, 7) is 0. The van der Waals surface area contributed by atoms with E-state index < -0.39 is 22.0 Å². The van der Waals surface area contributed by atoms with Gasteiger partial charge in [0.05, 0.1) is 7.11 Å². The Hall–Kier alpha value is -1.27. The number of hydrogen-bond donors (Lipinski definition) is 1. The molecule has 6 heteroatoms. The lowest BCUT2D eigenvalue weighted by Crippen LogP contribution is -2.25. The molecule has 1 aromatic carbocycles. The zero-order valence-electron chi connectivity index (χ0n) is 8.00. The molecule has 1 aliphatic heterocycles. The fourth-order valence-electron chi connectivity index (χ4n) is 1.49. The quantitative estimate of drug-likeness (QED) is 0.709. The second kappa shape index (κ2) is 3.39. The van der Waals surface area contributed by atoms with E-state index in [4.69, 9.17) is 8.92 Å². The molecular weight excluding hydrogens is 220 g/mol. The maximum absolute atomic E-state index is 11.3. The third-order valence-electron chi connectivity index (χ3n) is 2.16. The smallest absolute Gasteiger partial charge is 0.312 e. The Morgan fingerprint density at radius 3 is 2.93 bits per heavy atom. The van der Waals surface area contributed by atoms with E-state index in [0.717, 1.165) is 0 Å². The second-order valence-corrected chi connectivity index (χ2v) is 4.82. The Morgan fingerprint density at radius 1 is 1.53 bits per heavy atom. The average molecular weight is 230 g/mol. The molecule has 15 heavy (non-hydrogen) atoms. The van der Waals surface area contributed by atoms with Gasteiger partial charge in [0.2, 0.25) is 0 Å². The summed E-state index contributed by atoms with van der Waals surface area (Å²) in [5.74, 6) is -0.0405. The van der Waals surface area contributed by atoms with Gasteiger partial charge in [-0.3, -0.25) is 0 Å². The molecule has 0 saturated carbocycles. The molecule has 0 fully saturated rings. The monoisotopic (exact) mass is 230 g/mol. The Bertz CT molecular complexity index is 479. The van der Waals surface area contributed by atoms with Crippen molar-refractivity contribution in [2.75, 3.05) is 12.9 Å². The summed E-state index contributed by atoms with van der Waals surface area (Å²) in [6.07, 6.45) is -1.06. The summed E-state index contributed by atoms with van der Waals surface area (Å²) >= 11 is 0. The number of para-hydroxylation sites is 1. The Kier molecular flexibility index (Phi) is 2.32. The molecule has 0 bridgehead atoms. The predicted octanol–water partition coefficient (Wildman–Crippen LogP) is 0.451. The van der Waals surface area contributed by atoms with E-state index in [1.165, 1.54) is 7.11 Å². The number of aliphatic hydroxyl groups is 1. The van der Waals surface area contributed by atoms with E-state index in [2.05, 4.69) is 0 Å². The average Bonchev–Trinajstić information content (AvgIpc) is 2.15. The van der Waals surface area contributed by atoms with Gasteiger partial charge in [-0.05, 0) is 6.07 Å². The van der Waals surface area contributed by atoms with Crippen LogP contribution in [0.3, 0.4) is 0 Å². The fraction of sp³-hybridized carbons (Fsp3) is 0.333. The molecular formula is C9H10O5S. The lowest BCUT2D eigenvalue weighted by molar-refractivity contribution is 0.189. The van der Waals surface area contributed by atoms with Gasteiger partial charge in [-0.1, -0.05) is 12.1 Å². The minimum atomic E-state index is -3.71. The zero-order valence-corrected chi connectivity index (χ0v) is 8.82. The molecule has 1 unspecified atom stereocenters. The van der Waals surface area contributed by atoms with Crippen LogP contribution in [0.25, 0.3) is 0 Å². The molecule has 1 aliphatic rings. The van der Waals surface area contributed by atoms with Crippen molar-refractivity contribution in [1.29, 1.82) is 0 Å². The topological polar surface area (TPSA) is 72.8 Å². The standard InChI is InChI=1S/C9H10O5S/c1-13-8-4-2-3-6-7(10)5-15(11,12)14-9(6)8/h2-4,7,10H,5H2,1H3. The van der Waals surface area contributed by atoms with Gasteiger partial charge >= 0.3 is 10.1 Å². The van der Waals surface area contributed by atoms with Crippen molar-refractivity contribution in [1.82, 2.24) is 0 Å². The number of aliphatic hydroxyl groups excluding tert-OH is 1. The van der Waals surface area contributed by atoms with Crippen LogP contribution in [0.4, 0.5) is 0 Å². The molecule has 2 rings (SSSR count). The predicted molar refractivity (Wildman–Crippen MR) is 52.4 cm³/mol. The van der Waals surface area contributed by atoms with Crippen molar-refractivity contribution in [3.05, 3.63) is 23.8 Å². The number of hydrogen-bond acceptors (Lipinski definition) is 5. The van der Waals surface area contributed by atoms with Crippen LogP contribution in [-0.2, 0) is 10.1 Å². The van der Waals surface area contributed by atoms with Crippen molar-refractivity contribution >= 4 is 10.1 Å². The molecule has 0 aromatic heterocycles. The van der Waals surface area contributed by atoms with Crippen molar-refractivity contribution in [2.45, 2.75) is 6.10 Å². The lowest BCUT2D eigenvalue weighted by atomic mass is 10.1. The Labute approximate surface area is 87.4 Å². The summed E-state index contributed by atoms with van der Waals surface area (Å²) in [4.78, 5) is 0. The minimum absolute atomic E-state index is 0.0822. The maximum atomic E-state index is 11.3. The van der Waals surface area contributed by atoms with Gasteiger partial charge in [0.1, 0.15) is 11.9 Å². The van der Waals surface area contributed by atoms with Crippen LogP contribution in [0.2, 0.25) is 0 Å². The number of ether oxygens (including phenoxy) is 1. The molecule has 0 radical (unpaired) electrons. The van der Waals surface area contributed by atoms with E-state index in [-0.39, 0.29) is 5.75 Å². The van der Waals surface area contributed by atoms with Gasteiger partial charge in [-0.25, -0.2) is 0 Å². The number of fused-ring (bicyclic) bond motifs is 1. The first-order valence-electron chi connectivity index (χ1n) is 4.30. The van der Waals surface area contributed by atoms with Crippen LogP contribution in [0.5, 0.6) is 11.5 Å². The molecule has 1 atom stereocenters. The molecule has 1 aromatic rings. The number of methoxy groups -OCH3 is 1. The zero-order chi connectivity index (χ0) is 11.1. The molecule has 1 heterocycles. The van der Waals surface area contributed by atoms with Crippen LogP contribution >= 0.6 is 0 Å². The largest absolute Gasteiger partial charge is 0.493 e. The summed E-state index contributed by atoms with van der Waals surface area (Å²) in [7, 11) is -2.30. The van der Waals surface area contributed by atoms with Gasteiger partial charge in [0.25, 0.3) is 0 Å². The van der Waals surface area contributed by atoms with Gasteiger partial charge in [0, 0.05) is 5.56 Å². The van der Waals surface area contributed by atoms with Gasteiger partial charge in [-0.15, -0.1) is 0 Å². The molecule has 82 valence electrons. The maximum Gasteiger partial charge on any atom is 0.312 e. The highest BCUT2D eigenvalue weighted by molar-refractivity contribution is 7.87. The lowest BCUT2D eigenvalue weighted by Gasteiger charge is -2.22. The van der Waals surface area contributed by atoms with Gasteiger partial charge in [-0.2, -0.15) is 8.42 Å². The van der Waals surface area contributed by atoms with E-state index in [1.807, 2.05) is 0 Å². The first-order chi connectivity index (χ1) is 7.03. The number of benzene rings is 1. The number of rotatable bonds is 1. The van der Waals surface area contributed by atoms with E-state index in [0.29, 0.717) is 11.3 Å². The Morgan fingerprint density at radius 2 is 2.27 bits per heavy atom. The Balaban J connectivity index is 2.60. The molecule has 1 N–H and O–H groups in total. The van der Waals surface area contributed by atoms with E-state index in [9.17, 15) is 13.5 Å². The molecule has 0 saturated heterocycles. The van der Waals surface area contributed by atoms with Gasteiger partial charge in [0.15, 0.2) is 11.5 Å². The van der Waals surface area contributed by atoms with Crippen LogP contribution < -0.4 is 8.92 Å². The summed E-state index contributed by atoms with van der Waals surface area (Å²) in [5.41, 5.74) is 0.434. The van der Waals surface area contributed by atoms with Crippen LogP contribution in [0, 0.1) is 0 Å². The molecule has 0 aliphatic carbocycles. The molecule has 0 amide bonds. The van der Waals surface area contributed by atoms with Crippen LogP contribution in [0.15, 0.2) is 18.2 Å². The summed E-state index contributed by atoms with van der Waals surface area (Å²) in [6, 6.07) is 4.85. The van der Waals surface area contributed by atoms with Crippen molar-refractivity contribution in [3.8, 4) is 11.5 Å². The first kappa shape index (κ1) is 10.3. The van der Waals surface area contributed by atoms with E-state index in [1.54, 1.807) is 18.2 Å². The SMILES string of the molecule is COc1cccc2c1OS(=O)(=O)CC2O. The second-order valence-electron chi connectivity index (χ2n) is 3.20. The normalized spacial score (nSPS) is 22.7. The highest BCUT2D eigenvalue weighted by Crippen LogP contribution is 2.39. The van der Waals surface area contributed by atoms with Gasteiger partial charge < -0.3 is 14.0 Å². The van der Waals surface area contributed by atoms with Crippen molar-refractivity contribution < 1.29 is 22.4 Å². The van der Waals surface area contributed by atoms with Crippen LogP contribution in [-0.4, -0.2) is 26.4 Å².